The summed E-state index contributed by atoms with van der Waals surface area (Å²) in [6.45, 7) is 9.33. The van der Waals surface area contributed by atoms with E-state index in [-0.39, 0.29) is 5.60 Å². The second-order valence-electron chi connectivity index (χ2n) is 4.97. The van der Waals surface area contributed by atoms with Crippen LogP contribution in [0.1, 0.15) is 33.6 Å². The number of ether oxygens (including phenoxy) is 1. The average Bonchev–Trinajstić information content (AvgIpc) is 2.27. The monoisotopic (exact) mass is 231 g/mol. The molecule has 1 fully saturated rings. The van der Waals surface area contributed by atoms with Gasteiger partial charge < -0.3 is 14.5 Å². The first kappa shape index (κ1) is 13.2. The normalized spacial score (nSPS) is 25.4. The molecule has 0 radical (unpaired) electrons. The molecule has 15 heavy (non-hydrogen) atoms. The predicted octanol–water partition coefficient (Wildman–Crippen LogP) is 0.467. The van der Waals surface area contributed by atoms with Crippen LogP contribution < -0.4 is 5.32 Å². The van der Waals surface area contributed by atoms with Crippen LogP contribution in [0.15, 0.2) is 0 Å². The fourth-order valence-corrected chi connectivity index (χ4v) is 2.34. The van der Waals surface area contributed by atoms with Crippen molar-refractivity contribution in [3.05, 3.63) is 0 Å². The summed E-state index contributed by atoms with van der Waals surface area (Å²) in [4.78, 5) is 0. The molecule has 0 saturated carbocycles. The highest BCUT2D eigenvalue weighted by Gasteiger charge is 2.28. The first-order chi connectivity index (χ1) is 7.09. The lowest BCUT2D eigenvalue weighted by Gasteiger charge is -2.35. The lowest BCUT2D eigenvalue weighted by Crippen LogP contribution is -2.47. The third kappa shape index (κ3) is 4.22. The summed E-state index contributed by atoms with van der Waals surface area (Å²) in [6, 6.07) is 0.514. The van der Waals surface area contributed by atoms with Gasteiger partial charge in [0.05, 0.1) is 13.2 Å². The fraction of sp³-hybridized carbons (Fsp3) is 1.00. The highest BCUT2D eigenvalue weighted by atomic mass is 28.2. The molecule has 0 aromatic heterocycles. The summed E-state index contributed by atoms with van der Waals surface area (Å²) in [5.41, 5.74) is 0.0338. The van der Waals surface area contributed by atoms with Crippen molar-refractivity contribution < 1.29 is 9.16 Å². The molecule has 4 heteroatoms. The highest BCUT2D eigenvalue weighted by Crippen LogP contribution is 2.25. The van der Waals surface area contributed by atoms with E-state index in [0.717, 1.165) is 36.7 Å². The molecule has 0 spiro atoms. The fourth-order valence-electron chi connectivity index (χ4n) is 2.17. The first-order valence-corrected chi connectivity index (χ1v) is 6.77. The Hall–Kier alpha value is 0.0969. The molecule has 0 amide bonds. The number of morpholine rings is 1. The Balaban J connectivity index is 2.46. The highest BCUT2D eigenvalue weighted by molar-refractivity contribution is 5.98. The number of rotatable bonds is 5. The van der Waals surface area contributed by atoms with E-state index in [1.54, 1.807) is 0 Å². The van der Waals surface area contributed by atoms with E-state index in [2.05, 4.69) is 26.1 Å². The maximum absolute atomic E-state index is 5.63. The molecular formula is C11H25NO2Si. The minimum absolute atomic E-state index is 0.0338. The molecule has 0 aromatic rings. The van der Waals surface area contributed by atoms with Crippen LogP contribution in [0.25, 0.3) is 0 Å². The molecule has 3 nitrogen and oxygen atoms in total. The summed E-state index contributed by atoms with van der Waals surface area (Å²) in [5, 5.41) is 3.55. The molecule has 1 heterocycles. The van der Waals surface area contributed by atoms with E-state index in [1.165, 1.54) is 6.42 Å². The number of hydrogen-bond donors (Lipinski definition) is 1. The van der Waals surface area contributed by atoms with Gasteiger partial charge in [-0.15, -0.1) is 0 Å². The Labute approximate surface area is 96.5 Å². The standard InChI is InChI=1S/C11H25NO2Si/c1-4-9(7-11(2,3)14-15)10-8-13-6-5-12-10/h9-10,12H,4-8H2,1-3,15H3. The van der Waals surface area contributed by atoms with E-state index in [4.69, 9.17) is 9.16 Å². The SMILES string of the molecule is CCC(CC(C)(C)O[SiH3])C1COCCN1. The van der Waals surface area contributed by atoms with Gasteiger partial charge in [-0.25, -0.2) is 0 Å². The Morgan fingerprint density at radius 1 is 1.60 bits per heavy atom. The second kappa shape index (κ2) is 5.99. The summed E-state index contributed by atoms with van der Waals surface area (Å²) < 4.78 is 11.1. The minimum atomic E-state index is 0.0338. The van der Waals surface area contributed by atoms with Crippen molar-refractivity contribution in [2.24, 2.45) is 5.92 Å². The van der Waals surface area contributed by atoms with Gasteiger partial charge in [0.25, 0.3) is 0 Å². The van der Waals surface area contributed by atoms with Crippen molar-refractivity contribution in [1.82, 2.24) is 5.32 Å². The van der Waals surface area contributed by atoms with Gasteiger partial charge in [-0.3, -0.25) is 0 Å². The van der Waals surface area contributed by atoms with Crippen LogP contribution in [-0.4, -0.2) is 41.9 Å². The van der Waals surface area contributed by atoms with Crippen LogP contribution in [0.4, 0.5) is 0 Å². The van der Waals surface area contributed by atoms with Gasteiger partial charge in [0, 0.05) is 18.2 Å². The Morgan fingerprint density at radius 3 is 2.80 bits per heavy atom. The quantitative estimate of drug-likeness (QED) is 0.698. The van der Waals surface area contributed by atoms with E-state index in [9.17, 15) is 0 Å². The van der Waals surface area contributed by atoms with Crippen LogP contribution in [0.5, 0.6) is 0 Å². The molecule has 0 aromatic carbocycles. The van der Waals surface area contributed by atoms with E-state index < -0.39 is 0 Å². The molecule has 0 bridgehead atoms. The predicted molar refractivity (Wildman–Crippen MR) is 66.1 cm³/mol. The van der Waals surface area contributed by atoms with E-state index in [1.807, 2.05) is 0 Å². The van der Waals surface area contributed by atoms with Gasteiger partial charge in [-0.1, -0.05) is 13.3 Å². The lowest BCUT2D eigenvalue weighted by atomic mass is 9.86. The van der Waals surface area contributed by atoms with Crippen molar-refractivity contribution in [2.75, 3.05) is 19.8 Å². The number of nitrogens with one attached hydrogen (secondary N) is 1. The van der Waals surface area contributed by atoms with Gasteiger partial charge in [-0.2, -0.15) is 0 Å². The van der Waals surface area contributed by atoms with Gasteiger partial charge in [0.2, 0.25) is 0 Å². The van der Waals surface area contributed by atoms with E-state index in [0.29, 0.717) is 12.0 Å². The van der Waals surface area contributed by atoms with E-state index >= 15 is 0 Å². The summed E-state index contributed by atoms with van der Waals surface area (Å²) >= 11 is 0. The molecule has 1 aliphatic rings. The summed E-state index contributed by atoms with van der Waals surface area (Å²) in [7, 11) is 0.818. The Kier molecular flexibility index (Phi) is 5.25. The summed E-state index contributed by atoms with van der Waals surface area (Å²) in [6.07, 6.45) is 2.31. The molecule has 0 aliphatic carbocycles. The van der Waals surface area contributed by atoms with Crippen molar-refractivity contribution in [3.63, 3.8) is 0 Å². The van der Waals surface area contributed by atoms with Gasteiger partial charge >= 0.3 is 0 Å². The molecule has 1 rings (SSSR count). The van der Waals surface area contributed by atoms with Crippen LogP contribution in [0.2, 0.25) is 0 Å². The zero-order valence-corrected chi connectivity index (χ0v) is 12.5. The average molecular weight is 231 g/mol. The zero-order valence-electron chi connectivity index (χ0n) is 10.5. The summed E-state index contributed by atoms with van der Waals surface area (Å²) in [5.74, 6) is 0.661. The zero-order chi connectivity index (χ0) is 11.3. The molecule has 1 N–H and O–H groups in total. The topological polar surface area (TPSA) is 30.5 Å². The largest absolute Gasteiger partial charge is 0.423 e. The van der Waals surface area contributed by atoms with Gasteiger partial charge in [0.15, 0.2) is 0 Å². The van der Waals surface area contributed by atoms with Crippen LogP contribution in [-0.2, 0) is 9.16 Å². The van der Waals surface area contributed by atoms with Crippen molar-refractivity contribution in [3.8, 4) is 0 Å². The molecule has 90 valence electrons. The van der Waals surface area contributed by atoms with Crippen molar-refractivity contribution in [1.29, 1.82) is 0 Å². The first-order valence-electron chi connectivity index (χ1n) is 5.95. The molecule has 2 atom stereocenters. The third-order valence-corrected chi connectivity index (χ3v) is 4.46. The smallest absolute Gasteiger partial charge is 0.146 e. The molecular weight excluding hydrogens is 206 g/mol. The van der Waals surface area contributed by atoms with Crippen molar-refractivity contribution in [2.45, 2.75) is 45.3 Å². The number of hydrogen-bond acceptors (Lipinski definition) is 3. The Morgan fingerprint density at radius 2 is 2.33 bits per heavy atom. The maximum atomic E-state index is 5.63. The minimum Gasteiger partial charge on any atom is -0.423 e. The van der Waals surface area contributed by atoms with Crippen LogP contribution in [0, 0.1) is 5.92 Å². The van der Waals surface area contributed by atoms with Crippen LogP contribution >= 0.6 is 0 Å². The second-order valence-corrected chi connectivity index (χ2v) is 5.38. The van der Waals surface area contributed by atoms with Crippen LogP contribution in [0.3, 0.4) is 0 Å². The van der Waals surface area contributed by atoms with Gasteiger partial charge in [0.1, 0.15) is 10.5 Å². The Bertz CT molecular complexity index is 181. The maximum Gasteiger partial charge on any atom is 0.146 e. The molecule has 2 unspecified atom stereocenters. The van der Waals surface area contributed by atoms with Gasteiger partial charge in [-0.05, 0) is 26.2 Å². The molecule has 1 aliphatic heterocycles. The third-order valence-electron chi connectivity index (χ3n) is 3.35. The molecule has 1 saturated heterocycles. The van der Waals surface area contributed by atoms with Crippen molar-refractivity contribution >= 4 is 10.5 Å². The lowest BCUT2D eigenvalue weighted by molar-refractivity contribution is 0.0277.